The van der Waals surface area contributed by atoms with Gasteiger partial charge < -0.3 is 0 Å². The fourth-order valence-corrected chi connectivity index (χ4v) is 1.12. The average Bonchev–Trinajstić information content (AvgIpc) is 1.30. The van der Waals surface area contributed by atoms with E-state index in [2.05, 4.69) is 31.0 Å². The van der Waals surface area contributed by atoms with Gasteiger partial charge in [0.05, 0.1) is 0 Å². The van der Waals surface area contributed by atoms with Crippen LogP contribution in [-0.4, -0.2) is 10.2 Å². The normalized spacial score (nSPS) is 12.0. The topological polar surface area (TPSA) is 0 Å². The van der Waals surface area contributed by atoms with Crippen LogP contribution in [-0.2, 0) is 0 Å². The second kappa shape index (κ2) is 2.51. The van der Waals surface area contributed by atoms with E-state index in [9.17, 15) is 0 Å². The van der Waals surface area contributed by atoms with E-state index in [0.717, 1.165) is 6.04 Å². The van der Waals surface area contributed by atoms with Gasteiger partial charge >= 0.3 is 0 Å². The molecule has 0 amide bonds. The van der Waals surface area contributed by atoms with Gasteiger partial charge in [0.2, 0.25) is 0 Å². The van der Waals surface area contributed by atoms with Crippen LogP contribution in [0.25, 0.3) is 0 Å². The summed E-state index contributed by atoms with van der Waals surface area (Å²) in [6, 6.07) is 1.11. The van der Waals surface area contributed by atoms with E-state index in [1.54, 1.807) is 0 Å². The third-order valence-electron chi connectivity index (χ3n) is 0.875. The summed E-state index contributed by atoms with van der Waals surface area (Å²) in [5, 5.41) is 0. The first-order valence-electron chi connectivity index (χ1n) is 2.71. The van der Waals surface area contributed by atoms with Crippen molar-refractivity contribution in [2.24, 2.45) is 5.41 Å². The van der Waals surface area contributed by atoms with Crippen LogP contribution < -0.4 is 0 Å². The van der Waals surface area contributed by atoms with Crippen molar-refractivity contribution in [3.63, 3.8) is 0 Å². The van der Waals surface area contributed by atoms with Crippen LogP contribution in [0.5, 0.6) is 0 Å². The molecule has 7 heavy (non-hydrogen) atoms. The zero-order valence-corrected chi connectivity index (χ0v) is 6.41. The van der Waals surface area contributed by atoms with Gasteiger partial charge in [0.15, 0.2) is 0 Å². The second-order valence-electron chi connectivity index (χ2n) is 3.06. The molecule has 41 valence electrons. The third-order valence-corrected chi connectivity index (χ3v) is 1.12. The molecule has 0 nitrogen and oxygen atoms in total. The minimum absolute atomic E-state index is 0.502. The molecule has 1 heteroatoms. The second-order valence-corrected chi connectivity index (χ2v) is 3.56. The number of rotatable bonds is 1. The van der Waals surface area contributed by atoms with Gasteiger partial charge in [-0.2, -0.15) is 0 Å². The molecule has 0 fully saturated rings. The van der Waals surface area contributed by atoms with Crippen LogP contribution in [0, 0.1) is 5.41 Å². The van der Waals surface area contributed by atoms with Gasteiger partial charge in [-0.05, 0) is 5.41 Å². The van der Waals surface area contributed by atoms with Gasteiger partial charge in [-0.15, -0.1) is 0 Å². The standard InChI is InChI=1S/C6H13Si/c1-6(2,3)4-5-7/h4-5H2,1-3H3. The maximum Gasteiger partial charge on any atom is 0.0222 e. The Bertz CT molecular complexity index is 42.6. The molecule has 3 radical (unpaired) electrons. The van der Waals surface area contributed by atoms with E-state index >= 15 is 0 Å². The highest BCUT2D eigenvalue weighted by atomic mass is 28.1. The molecule has 0 saturated heterocycles. The first kappa shape index (κ1) is 7.22. The highest BCUT2D eigenvalue weighted by molar-refractivity contribution is 6.08. The summed E-state index contributed by atoms with van der Waals surface area (Å²) in [7, 11) is 3.43. The van der Waals surface area contributed by atoms with Crippen LogP contribution in [0.2, 0.25) is 6.04 Å². The highest BCUT2D eigenvalue weighted by Gasteiger charge is 2.06. The Hall–Kier alpha value is 0.217. The monoisotopic (exact) mass is 113 g/mol. The van der Waals surface area contributed by atoms with Crippen LogP contribution in [0.3, 0.4) is 0 Å². The van der Waals surface area contributed by atoms with Gasteiger partial charge in [-0.25, -0.2) is 0 Å². The van der Waals surface area contributed by atoms with Gasteiger partial charge in [0.25, 0.3) is 0 Å². The van der Waals surface area contributed by atoms with Crippen molar-refractivity contribution in [3.05, 3.63) is 0 Å². The van der Waals surface area contributed by atoms with Crippen LogP contribution >= 0.6 is 0 Å². The first-order chi connectivity index (χ1) is 3.06. The smallest absolute Gasteiger partial charge is 0.0222 e. The van der Waals surface area contributed by atoms with Gasteiger partial charge in [-0.3, -0.25) is 0 Å². The fraction of sp³-hybridized carbons (Fsp3) is 1.00. The summed E-state index contributed by atoms with van der Waals surface area (Å²) >= 11 is 0. The predicted octanol–water partition coefficient (Wildman–Crippen LogP) is 2.01. The van der Waals surface area contributed by atoms with Gasteiger partial charge in [-0.1, -0.05) is 33.2 Å². The van der Waals surface area contributed by atoms with Crippen molar-refractivity contribution in [2.75, 3.05) is 0 Å². The summed E-state index contributed by atoms with van der Waals surface area (Å²) in [6.45, 7) is 6.73. The molecular formula is C6H13Si. The highest BCUT2D eigenvalue weighted by Crippen LogP contribution is 2.19. The lowest BCUT2D eigenvalue weighted by atomic mass is 9.94. The van der Waals surface area contributed by atoms with E-state index in [-0.39, 0.29) is 0 Å². The van der Waals surface area contributed by atoms with Crippen LogP contribution in [0.4, 0.5) is 0 Å². The molecule has 0 heterocycles. The van der Waals surface area contributed by atoms with E-state index in [4.69, 9.17) is 0 Å². The molecule has 0 aromatic heterocycles. The third kappa shape index (κ3) is 6.22. The molecule has 0 unspecified atom stereocenters. The number of hydrogen-bond acceptors (Lipinski definition) is 0. The summed E-state index contributed by atoms with van der Waals surface area (Å²) in [4.78, 5) is 0. The lowest BCUT2D eigenvalue weighted by Gasteiger charge is -2.15. The molecule has 0 aliphatic rings. The number of hydrogen-bond donors (Lipinski definition) is 0. The maximum atomic E-state index is 3.43. The molecule has 0 aromatic rings. The largest absolute Gasteiger partial charge is 0.0633 e. The van der Waals surface area contributed by atoms with Crippen molar-refractivity contribution < 1.29 is 0 Å². The zero-order valence-electron chi connectivity index (χ0n) is 5.41. The van der Waals surface area contributed by atoms with Crippen molar-refractivity contribution >= 4 is 10.2 Å². The molecule has 0 spiro atoms. The molecule has 0 N–H and O–H groups in total. The fourth-order valence-electron chi connectivity index (χ4n) is 0.375. The minimum atomic E-state index is 0.502. The Kier molecular flexibility index (Phi) is 2.58. The zero-order chi connectivity index (χ0) is 5.91. The van der Waals surface area contributed by atoms with Crippen molar-refractivity contribution in [1.82, 2.24) is 0 Å². The molecule has 0 atom stereocenters. The lowest BCUT2D eigenvalue weighted by Crippen LogP contribution is -2.02. The van der Waals surface area contributed by atoms with Crippen molar-refractivity contribution in [2.45, 2.75) is 33.2 Å². The first-order valence-corrected chi connectivity index (χ1v) is 3.41. The molecule has 0 aromatic carbocycles. The van der Waals surface area contributed by atoms with Crippen LogP contribution in [0.1, 0.15) is 27.2 Å². The molecule has 0 bridgehead atoms. The van der Waals surface area contributed by atoms with E-state index < -0.39 is 0 Å². The Morgan fingerprint density at radius 2 is 1.71 bits per heavy atom. The molecule has 0 aliphatic heterocycles. The van der Waals surface area contributed by atoms with Crippen molar-refractivity contribution in [1.29, 1.82) is 0 Å². The summed E-state index contributed by atoms with van der Waals surface area (Å²) in [6.07, 6.45) is 1.25. The minimum Gasteiger partial charge on any atom is -0.0633 e. The lowest BCUT2D eigenvalue weighted by molar-refractivity contribution is 0.398. The maximum absolute atomic E-state index is 3.43. The average molecular weight is 113 g/mol. The Morgan fingerprint density at radius 3 is 1.71 bits per heavy atom. The summed E-state index contributed by atoms with van der Waals surface area (Å²) in [5.74, 6) is 0. The molecule has 0 aliphatic carbocycles. The van der Waals surface area contributed by atoms with E-state index in [1.165, 1.54) is 6.42 Å². The van der Waals surface area contributed by atoms with Crippen molar-refractivity contribution in [3.8, 4) is 0 Å². The van der Waals surface area contributed by atoms with Crippen LogP contribution in [0.15, 0.2) is 0 Å². The Labute approximate surface area is 49.7 Å². The molecular weight excluding hydrogens is 100 g/mol. The van der Waals surface area contributed by atoms with E-state index in [0.29, 0.717) is 5.41 Å². The Balaban J connectivity index is 3.15. The van der Waals surface area contributed by atoms with Gasteiger partial charge in [0.1, 0.15) is 0 Å². The quantitative estimate of drug-likeness (QED) is 0.456. The summed E-state index contributed by atoms with van der Waals surface area (Å²) in [5.41, 5.74) is 0.502. The predicted molar refractivity (Wildman–Crippen MR) is 34.6 cm³/mol. The molecule has 0 saturated carbocycles. The SMILES string of the molecule is CC(C)(C)CC[Si]. The van der Waals surface area contributed by atoms with Gasteiger partial charge in [0, 0.05) is 10.2 Å². The Morgan fingerprint density at radius 1 is 1.29 bits per heavy atom. The summed E-state index contributed by atoms with van der Waals surface area (Å²) < 4.78 is 0. The molecule has 0 rings (SSSR count). The van der Waals surface area contributed by atoms with E-state index in [1.807, 2.05) is 0 Å².